The van der Waals surface area contributed by atoms with Crippen molar-refractivity contribution in [2.45, 2.75) is 19.8 Å². The molecule has 0 N–H and O–H groups in total. The van der Waals surface area contributed by atoms with Gasteiger partial charge in [-0.05, 0) is 49.1 Å². The maximum absolute atomic E-state index is 12.7. The summed E-state index contributed by atoms with van der Waals surface area (Å²) in [6, 6.07) is 15.9. The Bertz CT molecular complexity index is 947. The SMILES string of the molecule is Cc1ccc2oc3c(c(=O)c2c1)CC/C3=C\c1ccccc1. The van der Waals surface area contributed by atoms with Crippen molar-refractivity contribution in [1.82, 2.24) is 0 Å². The number of benzene rings is 2. The molecule has 0 radical (unpaired) electrons. The van der Waals surface area contributed by atoms with E-state index in [1.54, 1.807) is 0 Å². The fourth-order valence-electron chi connectivity index (χ4n) is 3.10. The number of hydrogen-bond acceptors (Lipinski definition) is 2. The molecular formula is C20H16O2. The lowest BCUT2D eigenvalue weighted by atomic mass is 10.1. The van der Waals surface area contributed by atoms with Gasteiger partial charge < -0.3 is 4.42 Å². The molecule has 0 amide bonds. The summed E-state index contributed by atoms with van der Waals surface area (Å²) < 4.78 is 6.06. The minimum absolute atomic E-state index is 0.122. The van der Waals surface area contributed by atoms with Crippen LogP contribution in [0.4, 0.5) is 0 Å². The third kappa shape index (κ3) is 2.08. The largest absolute Gasteiger partial charge is 0.456 e. The Hall–Kier alpha value is -2.61. The van der Waals surface area contributed by atoms with Gasteiger partial charge in [0.05, 0.1) is 5.39 Å². The van der Waals surface area contributed by atoms with Crippen LogP contribution in [0.2, 0.25) is 0 Å². The minimum atomic E-state index is 0.122. The van der Waals surface area contributed by atoms with Crippen LogP contribution in [0, 0.1) is 6.92 Å². The summed E-state index contributed by atoms with van der Waals surface area (Å²) >= 11 is 0. The van der Waals surface area contributed by atoms with Gasteiger partial charge in [-0.15, -0.1) is 0 Å². The van der Waals surface area contributed by atoms with E-state index in [0.717, 1.165) is 40.9 Å². The number of aryl methyl sites for hydroxylation is 1. The van der Waals surface area contributed by atoms with Crippen molar-refractivity contribution in [3.63, 3.8) is 0 Å². The van der Waals surface area contributed by atoms with Gasteiger partial charge in [0.25, 0.3) is 0 Å². The third-order valence-electron chi connectivity index (χ3n) is 4.22. The molecule has 0 unspecified atom stereocenters. The summed E-state index contributed by atoms with van der Waals surface area (Å²) in [5.74, 6) is 0.769. The molecule has 1 aliphatic rings. The molecule has 2 heteroatoms. The van der Waals surface area contributed by atoms with E-state index in [-0.39, 0.29) is 5.43 Å². The lowest BCUT2D eigenvalue weighted by Gasteiger charge is -2.04. The first-order chi connectivity index (χ1) is 10.7. The van der Waals surface area contributed by atoms with Crippen molar-refractivity contribution < 1.29 is 4.42 Å². The van der Waals surface area contributed by atoms with Crippen molar-refractivity contribution in [3.8, 4) is 0 Å². The Kier molecular flexibility index (Phi) is 2.97. The molecule has 4 rings (SSSR count). The van der Waals surface area contributed by atoms with Gasteiger partial charge in [-0.25, -0.2) is 0 Å². The lowest BCUT2D eigenvalue weighted by molar-refractivity contribution is 0.585. The van der Waals surface area contributed by atoms with Crippen molar-refractivity contribution in [2.24, 2.45) is 0 Å². The summed E-state index contributed by atoms with van der Waals surface area (Å²) in [7, 11) is 0. The second kappa shape index (κ2) is 4.99. The zero-order valence-corrected chi connectivity index (χ0v) is 12.4. The molecule has 0 saturated carbocycles. The van der Waals surface area contributed by atoms with Gasteiger partial charge in [0, 0.05) is 5.56 Å². The molecular weight excluding hydrogens is 272 g/mol. The number of allylic oxidation sites excluding steroid dienone is 1. The Morgan fingerprint density at radius 1 is 1.05 bits per heavy atom. The quantitative estimate of drug-likeness (QED) is 0.655. The van der Waals surface area contributed by atoms with E-state index in [2.05, 4.69) is 18.2 Å². The van der Waals surface area contributed by atoms with Crippen LogP contribution < -0.4 is 5.43 Å². The van der Waals surface area contributed by atoms with Crippen LogP contribution in [0.25, 0.3) is 22.6 Å². The fourth-order valence-corrected chi connectivity index (χ4v) is 3.10. The predicted octanol–water partition coefficient (Wildman–Crippen LogP) is 4.59. The molecule has 0 atom stereocenters. The van der Waals surface area contributed by atoms with Crippen LogP contribution in [0.5, 0.6) is 0 Å². The first-order valence-electron chi connectivity index (χ1n) is 7.55. The van der Waals surface area contributed by atoms with Crippen LogP contribution in [-0.2, 0) is 6.42 Å². The molecule has 0 saturated heterocycles. The zero-order valence-electron chi connectivity index (χ0n) is 12.4. The Balaban J connectivity index is 1.92. The number of hydrogen-bond donors (Lipinski definition) is 0. The van der Waals surface area contributed by atoms with E-state index in [4.69, 9.17) is 4.42 Å². The molecule has 3 aromatic rings. The molecule has 2 nitrogen and oxygen atoms in total. The predicted molar refractivity (Wildman–Crippen MR) is 89.9 cm³/mol. The molecule has 1 heterocycles. The molecule has 0 bridgehead atoms. The van der Waals surface area contributed by atoms with Gasteiger partial charge in [-0.2, -0.15) is 0 Å². The van der Waals surface area contributed by atoms with E-state index >= 15 is 0 Å². The van der Waals surface area contributed by atoms with Crippen LogP contribution in [0.1, 0.15) is 28.9 Å². The Labute approximate surface area is 128 Å². The average molecular weight is 288 g/mol. The number of rotatable bonds is 1. The normalized spacial score (nSPS) is 15.4. The summed E-state index contributed by atoms with van der Waals surface area (Å²) in [5.41, 5.74) is 4.95. The highest BCUT2D eigenvalue weighted by atomic mass is 16.3. The van der Waals surface area contributed by atoms with E-state index in [9.17, 15) is 4.79 Å². The maximum Gasteiger partial charge on any atom is 0.196 e. The van der Waals surface area contributed by atoms with Crippen molar-refractivity contribution in [2.75, 3.05) is 0 Å². The van der Waals surface area contributed by atoms with Crippen LogP contribution in [-0.4, -0.2) is 0 Å². The Morgan fingerprint density at radius 2 is 1.86 bits per heavy atom. The molecule has 22 heavy (non-hydrogen) atoms. The molecule has 0 fully saturated rings. The van der Waals surface area contributed by atoms with Crippen LogP contribution in [0.3, 0.4) is 0 Å². The highest BCUT2D eigenvalue weighted by molar-refractivity contribution is 5.87. The molecule has 0 aliphatic heterocycles. The first-order valence-corrected chi connectivity index (χ1v) is 7.55. The molecule has 0 spiro atoms. The average Bonchev–Trinajstić information content (AvgIpc) is 2.93. The van der Waals surface area contributed by atoms with Gasteiger partial charge >= 0.3 is 0 Å². The van der Waals surface area contributed by atoms with Gasteiger partial charge in [-0.3, -0.25) is 4.79 Å². The van der Waals surface area contributed by atoms with E-state index in [1.807, 2.05) is 43.3 Å². The zero-order chi connectivity index (χ0) is 15.1. The van der Waals surface area contributed by atoms with Gasteiger partial charge in [0.15, 0.2) is 5.43 Å². The first kappa shape index (κ1) is 13.1. The Morgan fingerprint density at radius 3 is 2.68 bits per heavy atom. The van der Waals surface area contributed by atoms with E-state index in [1.165, 1.54) is 0 Å². The monoisotopic (exact) mass is 288 g/mol. The second-order valence-electron chi connectivity index (χ2n) is 5.82. The van der Waals surface area contributed by atoms with Crippen molar-refractivity contribution in [3.05, 3.63) is 81.2 Å². The van der Waals surface area contributed by atoms with Gasteiger partial charge in [0.1, 0.15) is 11.3 Å². The summed E-state index contributed by atoms with van der Waals surface area (Å²) in [4.78, 5) is 12.7. The molecule has 1 aromatic heterocycles. The lowest BCUT2D eigenvalue weighted by Crippen LogP contribution is -2.08. The summed E-state index contributed by atoms with van der Waals surface area (Å²) in [6.45, 7) is 1.99. The van der Waals surface area contributed by atoms with Gasteiger partial charge in [-0.1, -0.05) is 42.0 Å². The van der Waals surface area contributed by atoms with Crippen molar-refractivity contribution in [1.29, 1.82) is 0 Å². The standard InChI is InChI=1S/C20H16O2/c1-13-7-10-18-17(11-13)19(21)16-9-8-15(20(16)22-18)12-14-5-3-2-4-6-14/h2-7,10-12H,8-9H2,1H3/b15-12+. The second-order valence-corrected chi connectivity index (χ2v) is 5.82. The highest BCUT2D eigenvalue weighted by Gasteiger charge is 2.23. The maximum atomic E-state index is 12.7. The highest BCUT2D eigenvalue weighted by Crippen LogP contribution is 2.34. The molecule has 2 aromatic carbocycles. The topological polar surface area (TPSA) is 30.2 Å². The summed E-state index contributed by atoms with van der Waals surface area (Å²) in [5, 5.41) is 0.694. The van der Waals surface area contributed by atoms with Crippen molar-refractivity contribution >= 4 is 22.6 Å². The minimum Gasteiger partial charge on any atom is -0.456 e. The van der Waals surface area contributed by atoms with E-state index < -0.39 is 0 Å². The third-order valence-corrected chi connectivity index (χ3v) is 4.22. The number of fused-ring (bicyclic) bond motifs is 2. The van der Waals surface area contributed by atoms with Crippen LogP contribution >= 0.6 is 0 Å². The van der Waals surface area contributed by atoms with E-state index in [0.29, 0.717) is 11.0 Å². The smallest absolute Gasteiger partial charge is 0.196 e. The fraction of sp³-hybridized carbons (Fsp3) is 0.150. The summed E-state index contributed by atoms with van der Waals surface area (Å²) in [6.07, 6.45) is 3.74. The molecule has 1 aliphatic carbocycles. The molecule has 108 valence electrons. The van der Waals surface area contributed by atoms with Gasteiger partial charge in [0.2, 0.25) is 0 Å². The van der Waals surface area contributed by atoms with Crippen LogP contribution in [0.15, 0.2) is 57.7 Å².